The molecule has 0 bridgehead atoms. The minimum absolute atomic E-state index is 0.0109. The minimum Gasteiger partial charge on any atom is -0.478 e. The molecule has 1 aromatic rings. The van der Waals surface area contributed by atoms with Crippen molar-refractivity contribution in [3.8, 4) is 0 Å². The van der Waals surface area contributed by atoms with E-state index in [1.165, 1.54) is 4.90 Å². The number of hydrogen-bond donors (Lipinski definition) is 2. The number of hydrogen-bond acceptors (Lipinski definition) is 3. The number of aliphatic carboxylic acids is 1. The van der Waals surface area contributed by atoms with Crippen LogP contribution in [-0.2, 0) is 16.0 Å². The van der Waals surface area contributed by atoms with Crippen LogP contribution in [0.4, 0.5) is 5.69 Å². The Labute approximate surface area is 105 Å². The molecule has 18 heavy (non-hydrogen) atoms. The number of carboxylic acid groups (broad SMARTS) is 1. The van der Waals surface area contributed by atoms with Crippen LogP contribution in [0.3, 0.4) is 0 Å². The maximum atomic E-state index is 11.8. The van der Waals surface area contributed by atoms with Gasteiger partial charge in [0.2, 0.25) is 5.91 Å². The predicted octanol–water partition coefficient (Wildman–Crippen LogP) is 1.24. The highest BCUT2D eigenvalue weighted by molar-refractivity contribution is 6.08. The van der Waals surface area contributed by atoms with Crippen molar-refractivity contribution in [3.63, 3.8) is 0 Å². The van der Waals surface area contributed by atoms with Crippen molar-refractivity contribution in [1.82, 2.24) is 0 Å². The van der Waals surface area contributed by atoms with Gasteiger partial charge >= 0.3 is 5.97 Å². The molecule has 3 N–H and O–H groups in total. The molecule has 0 saturated heterocycles. The second-order valence-corrected chi connectivity index (χ2v) is 4.09. The van der Waals surface area contributed by atoms with E-state index in [0.29, 0.717) is 5.69 Å². The van der Waals surface area contributed by atoms with Gasteiger partial charge in [-0.25, -0.2) is 4.79 Å². The van der Waals surface area contributed by atoms with Gasteiger partial charge in [0.25, 0.3) is 0 Å². The molecule has 1 heterocycles. The van der Waals surface area contributed by atoms with Crippen LogP contribution in [0.2, 0.25) is 0 Å². The molecule has 0 radical (unpaired) electrons. The molecule has 1 amide bonds. The highest BCUT2D eigenvalue weighted by Crippen LogP contribution is 2.27. The quantitative estimate of drug-likeness (QED) is 0.840. The lowest BCUT2D eigenvalue weighted by Crippen LogP contribution is -2.28. The van der Waals surface area contributed by atoms with Crippen molar-refractivity contribution in [2.24, 2.45) is 5.73 Å². The van der Waals surface area contributed by atoms with Gasteiger partial charge in [0, 0.05) is 0 Å². The molecule has 5 heteroatoms. The van der Waals surface area contributed by atoms with Gasteiger partial charge in [0.05, 0.1) is 17.7 Å². The van der Waals surface area contributed by atoms with Crippen molar-refractivity contribution in [2.75, 3.05) is 4.90 Å². The van der Waals surface area contributed by atoms with E-state index in [1.807, 2.05) is 19.1 Å². The third-order valence-corrected chi connectivity index (χ3v) is 2.99. The topological polar surface area (TPSA) is 83.6 Å². The standard InChI is InChI=1S/C13H14N2O3/c1-2-8-3-5-9(6-4-8)15-11(16)7-10(12(15)14)13(17)18/h3-6H,2,7,14H2,1H3,(H,17,18). The van der Waals surface area contributed by atoms with Crippen LogP contribution in [0, 0.1) is 0 Å². The first-order valence-electron chi connectivity index (χ1n) is 5.68. The molecule has 1 aliphatic heterocycles. The molecule has 5 nitrogen and oxygen atoms in total. The fraction of sp³-hybridized carbons (Fsp3) is 0.231. The lowest BCUT2D eigenvalue weighted by molar-refractivity contribution is -0.133. The van der Waals surface area contributed by atoms with Gasteiger partial charge in [-0.1, -0.05) is 19.1 Å². The van der Waals surface area contributed by atoms with E-state index in [2.05, 4.69) is 0 Å². The zero-order valence-electron chi connectivity index (χ0n) is 10.0. The summed E-state index contributed by atoms with van der Waals surface area (Å²) in [5.74, 6) is -1.44. The second-order valence-electron chi connectivity index (χ2n) is 4.09. The number of anilines is 1. The number of carbonyl (C=O) groups is 2. The van der Waals surface area contributed by atoms with Crippen LogP contribution in [0.1, 0.15) is 18.9 Å². The van der Waals surface area contributed by atoms with Gasteiger partial charge in [0.15, 0.2) is 0 Å². The van der Waals surface area contributed by atoms with E-state index >= 15 is 0 Å². The molecule has 0 spiro atoms. The Hall–Kier alpha value is -2.30. The van der Waals surface area contributed by atoms with Crippen LogP contribution in [0.25, 0.3) is 0 Å². The van der Waals surface area contributed by atoms with Crippen molar-refractivity contribution in [2.45, 2.75) is 19.8 Å². The number of carbonyl (C=O) groups excluding carboxylic acids is 1. The first-order chi connectivity index (χ1) is 8.54. The van der Waals surface area contributed by atoms with Gasteiger partial charge in [-0.3, -0.25) is 9.69 Å². The average molecular weight is 246 g/mol. The lowest BCUT2D eigenvalue weighted by Gasteiger charge is -2.17. The fourth-order valence-corrected chi connectivity index (χ4v) is 1.94. The van der Waals surface area contributed by atoms with E-state index in [1.54, 1.807) is 12.1 Å². The smallest absolute Gasteiger partial charge is 0.335 e. The van der Waals surface area contributed by atoms with Crippen molar-refractivity contribution < 1.29 is 14.7 Å². The van der Waals surface area contributed by atoms with Crippen LogP contribution >= 0.6 is 0 Å². The van der Waals surface area contributed by atoms with Crippen molar-refractivity contribution in [3.05, 3.63) is 41.2 Å². The molecule has 1 aliphatic rings. The fourth-order valence-electron chi connectivity index (χ4n) is 1.94. The third kappa shape index (κ3) is 1.95. The summed E-state index contributed by atoms with van der Waals surface area (Å²) >= 11 is 0. The summed E-state index contributed by atoms with van der Waals surface area (Å²) in [5, 5.41) is 8.93. The van der Waals surface area contributed by atoms with Gasteiger partial charge in [0.1, 0.15) is 5.82 Å². The Kier molecular flexibility index (Phi) is 3.06. The van der Waals surface area contributed by atoms with Crippen LogP contribution < -0.4 is 10.6 Å². The lowest BCUT2D eigenvalue weighted by atomic mass is 10.1. The Morgan fingerprint density at radius 1 is 1.39 bits per heavy atom. The monoisotopic (exact) mass is 246 g/mol. The minimum atomic E-state index is -1.14. The second kappa shape index (κ2) is 4.52. The summed E-state index contributed by atoms with van der Waals surface area (Å²) < 4.78 is 0. The van der Waals surface area contributed by atoms with E-state index < -0.39 is 5.97 Å². The first kappa shape index (κ1) is 12.2. The SMILES string of the molecule is CCc1ccc(N2C(=O)CC(C(=O)O)=C2N)cc1. The Morgan fingerprint density at radius 2 is 2.00 bits per heavy atom. The predicted molar refractivity (Wildman–Crippen MR) is 66.8 cm³/mol. The van der Waals surface area contributed by atoms with Gasteiger partial charge < -0.3 is 10.8 Å². The van der Waals surface area contributed by atoms with Gasteiger partial charge in [-0.05, 0) is 24.1 Å². The molecule has 0 atom stereocenters. The molecule has 0 aliphatic carbocycles. The summed E-state index contributed by atoms with van der Waals surface area (Å²) in [4.78, 5) is 24.0. The van der Waals surface area contributed by atoms with Crippen molar-refractivity contribution >= 4 is 17.6 Å². The molecule has 0 fully saturated rings. The molecule has 2 rings (SSSR count). The van der Waals surface area contributed by atoms with E-state index in [0.717, 1.165) is 12.0 Å². The Morgan fingerprint density at radius 3 is 2.44 bits per heavy atom. The van der Waals surface area contributed by atoms with E-state index in [4.69, 9.17) is 10.8 Å². The van der Waals surface area contributed by atoms with Crippen LogP contribution in [0.5, 0.6) is 0 Å². The molecule has 94 valence electrons. The third-order valence-electron chi connectivity index (χ3n) is 2.99. The molecular formula is C13H14N2O3. The molecule has 0 saturated carbocycles. The van der Waals surface area contributed by atoms with E-state index in [9.17, 15) is 9.59 Å². The number of nitrogens with zero attached hydrogens (tertiary/aromatic N) is 1. The van der Waals surface area contributed by atoms with Crippen LogP contribution in [0.15, 0.2) is 35.7 Å². The van der Waals surface area contributed by atoms with Crippen molar-refractivity contribution in [1.29, 1.82) is 0 Å². The zero-order valence-corrected chi connectivity index (χ0v) is 10.0. The number of aryl methyl sites for hydroxylation is 1. The first-order valence-corrected chi connectivity index (χ1v) is 5.68. The summed E-state index contributed by atoms with van der Waals surface area (Å²) in [7, 11) is 0. The Bertz CT molecular complexity index is 532. The maximum absolute atomic E-state index is 11.8. The number of carboxylic acids is 1. The zero-order chi connectivity index (χ0) is 13.3. The molecule has 0 unspecified atom stereocenters. The number of benzene rings is 1. The normalized spacial score (nSPS) is 15.4. The summed E-state index contributed by atoms with van der Waals surface area (Å²) in [5.41, 5.74) is 7.43. The summed E-state index contributed by atoms with van der Waals surface area (Å²) in [6, 6.07) is 7.34. The highest BCUT2D eigenvalue weighted by atomic mass is 16.4. The highest BCUT2D eigenvalue weighted by Gasteiger charge is 2.33. The van der Waals surface area contributed by atoms with E-state index in [-0.39, 0.29) is 23.7 Å². The van der Waals surface area contributed by atoms with Crippen LogP contribution in [-0.4, -0.2) is 17.0 Å². The Balaban J connectivity index is 2.37. The summed E-state index contributed by atoms with van der Waals surface area (Å²) in [6.45, 7) is 2.03. The number of amides is 1. The molecule has 0 aromatic heterocycles. The summed E-state index contributed by atoms with van der Waals surface area (Å²) in [6.07, 6.45) is 0.747. The van der Waals surface area contributed by atoms with Gasteiger partial charge in [-0.2, -0.15) is 0 Å². The average Bonchev–Trinajstić information content (AvgIpc) is 2.65. The number of nitrogens with two attached hydrogens (primary N) is 1. The molecule has 1 aromatic carbocycles. The number of rotatable bonds is 3. The van der Waals surface area contributed by atoms with Gasteiger partial charge in [-0.15, -0.1) is 0 Å². The largest absolute Gasteiger partial charge is 0.478 e. The molecular weight excluding hydrogens is 232 g/mol. The maximum Gasteiger partial charge on any atom is 0.335 e.